The molecule has 0 aliphatic heterocycles. The number of aryl methyl sites for hydroxylation is 2. The van der Waals surface area contributed by atoms with Gasteiger partial charge in [0.2, 0.25) is 0 Å². The van der Waals surface area contributed by atoms with Crippen molar-refractivity contribution in [2.24, 2.45) is 5.92 Å². The van der Waals surface area contributed by atoms with Gasteiger partial charge < -0.3 is 10.1 Å². The molecule has 0 saturated heterocycles. The average molecular weight is 257 g/mol. The van der Waals surface area contributed by atoms with Crippen LogP contribution in [0.3, 0.4) is 0 Å². The van der Waals surface area contributed by atoms with Crippen LogP contribution < -0.4 is 5.32 Å². The topological polar surface area (TPSA) is 21.3 Å². The largest absolute Gasteiger partial charge is 0.381 e. The van der Waals surface area contributed by atoms with Crippen LogP contribution >= 0.6 is 0 Å². The number of allylic oxidation sites excluding steroid dienone is 1. The summed E-state index contributed by atoms with van der Waals surface area (Å²) >= 11 is 0. The highest BCUT2D eigenvalue weighted by molar-refractivity contribution is 5.34. The van der Waals surface area contributed by atoms with Crippen molar-refractivity contribution < 1.29 is 4.74 Å². The average Bonchev–Trinajstić information content (AvgIpc) is 2.38. The van der Waals surface area contributed by atoms with E-state index < -0.39 is 0 Å². The highest BCUT2D eigenvalue weighted by Crippen LogP contribution is 2.19. The van der Waals surface area contributed by atoms with Crippen LogP contribution in [0.2, 0.25) is 0 Å². The molecule has 2 rings (SSSR count). The molecule has 0 fully saturated rings. The van der Waals surface area contributed by atoms with E-state index in [-0.39, 0.29) is 6.10 Å². The standard InChI is InChI=1S/C17H23NO/c1-12-6-5-7-13(2)16(12)11-18-15-8-9-17(19-4)14(3)10-15/h5-10,14,17-18H,11H2,1-4H3. The van der Waals surface area contributed by atoms with Crippen molar-refractivity contribution in [3.05, 3.63) is 58.8 Å². The van der Waals surface area contributed by atoms with Gasteiger partial charge in [0.1, 0.15) is 0 Å². The van der Waals surface area contributed by atoms with Crippen LogP contribution in [0.1, 0.15) is 23.6 Å². The zero-order valence-electron chi connectivity index (χ0n) is 12.2. The maximum atomic E-state index is 5.39. The second kappa shape index (κ2) is 6.07. The lowest BCUT2D eigenvalue weighted by atomic mass is 9.97. The molecule has 0 saturated carbocycles. The first-order valence-corrected chi connectivity index (χ1v) is 6.83. The Balaban J connectivity index is 2.02. The van der Waals surface area contributed by atoms with Crippen LogP contribution in [0.5, 0.6) is 0 Å². The van der Waals surface area contributed by atoms with Crippen molar-refractivity contribution in [3.8, 4) is 0 Å². The molecule has 0 bridgehead atoms. The van der Waals surface area contributed by atoms with Gasteiger partial charge in [-0.1, -0.05) is 37.3 Å². The fourth-order valence-corrected chi connectivity index (χ4v) is 2.54. The Kier molecular flexibility index (Phi) is 4.43. The van der Waals surface area contributed by atoms with Crippen molar-refractivity contribution in [1.29, 1.82) is 0 Å². The minimum Gasteiger partial charge on any atom is -0.381 e. The molecule has 2 atom stereocenters. The summed E-state index contributed by atoms with van der Waals surface area (Å²) in [6.45, 7) is 7.38. The SMILES string of the molecule is COC1C=CC(NCc2c(C)cccc2C)=CC1C. The van der Waals surface area contributed by atoms with Crippen LogP contribution in [0.15, 0.2) is 42.1 Å². The maximum absolute atomic E-state index is 5.39. The molecule has 1 N–H and O–H groups in total. The molecule has 0 heterocycles. The molecule has 1 aliphatic carbocycles. The second-order valence-electron chi connectivity index (χ2n) is 5.26. The van der Waals surface area contributed by atoms with Crippen molar-refractivity contribution in [1.82, 2.24) is 5.32 Å². The summed E-state index contributed by atoms with van der Waals surface area (Å²) in [5.74, 6) is 0.412. The van der Waals surface area contributed by atoms with Crippen LogP contribution in [0.4, 0.5) is 0 Å². The van der Waals surface area contributed by atoms with E-state index in [1.165, 1.54) is 22.4 Å². The van der Waals surface area contributed by atoms with Gasteiger partial charge in [-0.15, -0.1) is 0 Å². The number of hydrogen-bond donors (Lipinski definition) is 1. The Hall–Kier alpha value is -1.54. The minimum absolute atomic E-state index is 0.200. The van der Waals surface area contributed by atoms with E-state index in [1.807, 2.05) is 0 Å². The van der Waals surface area contributed by atoms with E-state index in [0.29, 0.717) is 5.92 Å². The first-order chi connectivity index (χ1) is 9.11. The van der Waals surface area contributed by atoms with E-state index in [4.69, 9.17) is 4.74 Å². The lowest BCUT2D eigenvalue weighted by Crippen LogP contribution is -2.23. The van der Waals surface area contributed by atoms with Crippen molar-refractivity contribution in [2.75, 3.05) is 7.11 Å². The Morgan fingerprint density at radius 1 is 1.21 bits per heavy atom. The number of benzene rings is 1. The molecule has 0 amide bonds. The van der Waals surface area contributed by atoms with Crippen molar-refractivity contribution >= 4 is 0 Å². The Bertz CT molecular complexity index is 482. The van der Waals surface area contributed by atoms with Gasteiger partial charge in [0, 0.05) is 25.3 Å². The van der Waals surface area contributed by atoms with Crippen LogP contribution in [0, 0.1) is 19.8 Å². The molecule has 102 valence electrons. The Morgan fingerprint density at radius 3 is 2.47 bits per heavy atom. The molecule has 1 aliphatic rings. The summed E-state index contributed by atoms with van der Waals surface area (Å²) in [4.78, 5) is 0. The van der Waals surface area contributed by atoms with Crippen LogP contribution in [-0.2, 0) is 11.3 Å². The van der Waals surface area contributed by atoms with Gasteiger partial charge in [-0.2, -0.15) is 0 Å². The summed E-state index contributed by atoms with van der Waals surface area (Å²) in [7, 11) is 1.76. The first kappa shape index (κ1) is 13.9. The summed E-state index contributed by atoms with van der Waals surface area (Å²) in [5, 5.41) is 3.51. The molecule has 1 aromatic carbocycles. The fourth-order valence-electron chi connectivity index (χ4n) is 2.54. The normalized spacial score (nSPS) is 22.2. The van der Waals surface area contributed by atoms with E-state index in [2.05, 4.69) is 62.5 Å². The second-order valence-corrected chi connectivity index (χ2v) is 5.26. The molecule has 2 heteroatoms. The molecule has 2 unspecified atom stereocenters. The monoisotopic (exact) mass is 257 g/mol. The number of methoxy groups -OCH3 is 1. The molecule has 0 spiro atoms. The predicted molar refractivity (Wildman–Crippen MR) is 79.9 cm³/mol. The zero-order chi connectivity index (χ0) is 13.8. The summed E-state index contributed by atoms with van der Waals surface area (Å²) in [5.41, 5.74) is 5.26. The summed E-state index contributed by atoms with van der Waals surface area (Å²) in [6.07, 6.45) is 6.67. The third kappa shape index (κ3) is 3.27. The van der Waals surface area contributed by atoms with Crippen molar-refractivity contribution in [3.63, 3.8) is 0 Å². The molecular weight excluding hydrogens is 234 g/mol. The zero-order valence-corrected chi connectivity index (χ0v) is 12.2. The van der Waals surface area contributed by atoms with Gasteiger partial charge >= 0.3 is 0 Å². The van der Waals surface area contributed by atoms with Gasteiger partial charge in [0.15, 0.2) is 0 Å². The summed E-state index contributed by atoms with van der Waals surface area (Å²) < 4.78 is 5.39. The molecule has 0 aromatic heterocycles. The fraction of sp³-hybridized carbons (Fsp3) is 0.412. The van der Waals surface area contributed by atoms with Gasteiger partial charge in [-0.3, -0.25) is 0 Å². The quantitative estimate of drug-likeness (QED) is 0.891. The molecular formula is C17H23NO. The number of nitrogens with one attached hydrogen (secondary N) is 1. The van der Waals surface area contributed by atoms with Gasteiger partial charge in [-0.25, -0.2) is 0 Å². The molecule has 1 aromatic rings. The Morgan fingerprint density at radius 2 is 1.89 bits per heavy atom. The van der Waals surface area contributed by atoms with E-state index in [0.717, 1.165) is 6.54 Å². The van der Waals surface area contributed by atoms with E-state index in [1.54, 1.807) is 7.11 Å². The van der Waals surface area contributed by atoms with Crippen LogP contribution in [-0.4, -0.2) is 13.2 Å². The summed E-state index contributed by atoms with van der Waals surface area (Å²) in [6, 6.07) is 6.44. The highest BCUT2D eigenvalue weighted by atomic mass is 16.5. The molecule has 0 radical (unpaired) electrons. The third-order valence-electron chi connectivity index (χ3n) is 3.81. The van der Waals surface area contributed by atoms with Crippen molar-refractivity contribution in [2.45, 2.75) is 33.4 Å². The van der Waals surface area contributed by atoms with Crippen LogP contribution in [0.25, 0.3) is 0 Å². The number of rotatable bonds is 4. The van der Waals surface area contributed by atoms with Gasteiger partial charge in [-0.05, 0) is 36.6 Å². The highest BCUT2D eigenvalue weighted by Gasteiger charge is 2.15. The minimum atomic E-state index is 0.200. The van der Waals surface area contributed by atoms with Gasteiger partial charge in [0.25, 0.3) is 0 Å². The lowest BCUT2D eigenvalue weighted by Gasteiger charge is -2.22. The van der Waals surface area contributed by atoms with Gasteiger partial charge in [0.05, 0.1) is 6.10 Å². The first-order valence-electron chi connectivity index (χ1n) is 6.83. The smallest absolute Gasteiger partial charge is 0.0816 e. The number of ether oxygens (including phenoxy) is 1. The number of hydrogen-bond acceptors (Lipinski definition) is 2. The van der Waals surface area contributed by atoms with E-state index in [9.17, 15) is 0 Å². The van der Waals surface area contributed by atoms with E-state index >= 15 is 0 Å². The lowest BCUT2D eigenvalue weighted by molar-refractivity contribution is 0.111. The molecule has 19 heavy (non-hydrogen) atoms. The Labute approximate surface area is 116 Å². The maximum Gasteiger partial charge on any atom is 0.0816 e. The third-order valence-corrected chi connectivity index (χ3v) is 3.81. The predicted octanol–water partition coefficient (Wildman–Crippen LogP) is 3.50. The molecule has 2 nitrogen and oxygen atoms in total.